The first-order valence-electron chi connectivity index (χ1n) is 9.35. The minimum atomic E-state index is -0.239. The van der Waals surface area contributed by atoms with Crippen molar-refractivity contribution in [2.75, 3.05) is 13.7 Å². The van der Waals surface area contributed by atoms with E-state index in [0.717, 1.165) is 11.3 Å². The van der Waals surface area contributed by atoms with E-state index in [1.165, 1.54) is 0 Å². The molecule has 0 aliphatic carbocycles. The number of amides is 1. The standard InChI is InChI=1S/C23H22Cl2N2O2/c1-27(22(28)11-7-15-29-21-13-12-18(24)16-19(21)25)23(17-8-3-2-4-9-17)20-10-5-6-14-26-20/h2-6,8-10,12-14,16,23H,7,11,15H2,1H3. The predicted molar refractivity (Wildman–Crippen MR) is 116 cm³/mol. The molecule has 2 aromatic carbocycles. The molecule has 4 nitrogen and oxygen atoms in total. The van der Waals surface area contributed by atoms with Crippen LogP contribution >= 0.6 is 23.2 Å². The maximum Gasteiger partial charge on any atom is 0.223 e. The molecule has 3 aromatic rings. The van der Waals surface area contributed by atoms with E-state index in [2.05, 4.69) is 4.98 Å². The van der Waals surface area contributed by atoms with Gasteiger partial charge >= 0.3 is 0 Å². The summed E-state index contributed by atoms with van der Waals surface area (Å²) >= 11 is 12.0. The van der Waals surface area contributed by atoms with Gasteiger partial charge in [0, 0.05) is 24.7 Å². The summed E-state index contributed by atoms with van der Waals surface area (Å²) in [7, 11) is 1.81. The molecule has 1 unspecified atom stereocenters. The Kier molecular flexibility index (Phi) is 7.50. The van der Waals surface area contributed by atoms with E-state index in [1.807, 2.05) is 55.6 Å². The van der Waals surface area contributed by atoms with Gasteiger partial charge in [0.15, 0.2) is 0 Å². The summed E-state index contributed by atoms with van der Waals surface area (Å²) in [5.41, 5.74) is 1.85. The molecule has 6 heteroatoms. The zero-order valence-corrected chi connectivity index (χ0v) is 17.6. The molecule has 0 saturated heterocycles. The van der Waals surface area contributed by atoms with Gasteiger partial charge in [-0.2, -0.15) is 0 Å². The summed E-state index contributed by atoms with van der Waals surface area (Å²) in [6.45, 7) is 0.389. The van der Waals surface area contributed by atoms with Crippen LogP contribution in [0.3, 0.4) is 0 Å². The number of carbonyl (C=O) groups is 1. The molecule has 0 bridgehead atoms. The normalized spacial score (nSPS) is 11.7. The van der Waals surface area contributed by atoms with Gasteiger partial charge in [0.1, 0.15) is 5.75 Å². The van der Waals surface area contributed by atoms with E-state index >= 15 is 0 Å². The highest BCUT2D eigenvalue weighted by molar-refractivity contribution is 6.35. The predicted octanol–water partition coefficient (Wildman–Crippen LogP) is 5.80. The van der Waals surface area contributed by atoms with Crippen molar-refractivity contribution in [3.05, 3.63) is 94.2 Å². The zero-order chi connectivity index (χ0) is 20.6. The largest absolute Gasteiger partial charge is 0.492 e. The first kappa shape index (κ1) is 21.2. The molecular weight excluding hydrogens is 407 g/mol. The van der Waals surface area contributed by atoms with Crippen LogP contribution in [0.5, 0.6) is 5.75 Å². The number of hydrogen-bond acceptors (Lipinski definition) is 3. The van der Waals surface area contributed by atoms with E-state index in [-0.39, 0.29) is 11.9 Å². The molecule has 3 rings (SSSR count). The Morgan fingerprint density at radius 2 is 1.83 bits per heavy atom. The molecule has 1 aromatic heterocycles. The van der Waals surface area contributed by atoms with Crippen LogP contribution in [0.25, 0.3) is 0 Å². The van der Waals surface area contributed by atoms with Crippen LogP contribution in [-0.4, -0.2) is 29.4 Å². The lowest BCUT2D eigenvalue weighted by Gasteiger charge is -2.28. The lowest BCUT2D eigenvalue weighted by molar-refractivity contribution is -0.131. The molecule has 0 aliphatic heterocycles. The number of rotatable bonds is 8. The van der Waals surface area contributed by atoms with E-state index in [4.69, 9.17) is 27.9 Å². The van der Waals surface area contributed by atoms with Crippen LogP contribution in [0.15, 0.2) is 72.9 Å². The highest BCUT2D eigenvalue weighted by Crippen LogP contribution is 2.28. The van der Waals surface area contributed by atoms with Crippen molar-refractivity contribution in [3.63, 3.8) is 0 Å². The average Bonchev–Trinajstić information content (AvgIpc) is 2.74. The van der Waals surface area contributed by atoms with Crippen LogP contribution in [0, 0.1) is 0 Å². The van der Waals surface area contributed by atoms with Gasteiger partial charge in [0.25, 0.3) is 0 Å². The quantitative estimate of drug-likeness (QED) is 0.426. The van der Waals surface area contributed by atoms with E-state index in [9.17, 15) is 4.79 Å². The molecule has 1 heterocycles. The Morgan fingerprint density at radius 1 is 1.07 bits per heavy atom. The minimum absolute atomic E-state index is 0.0234. The summed E-state index contributed by atoms with van der Waals surface area (Å²) < 4.78 is 5.68. The minimum Gasteiger partial charge on any atom is -0.492 e. The second-order valence-corrected chi connectivity index (χ2v) is 7.44. The van der Waals surface area contributed by atoms with Crippen LogP contribution in [-0.2, 0) is 4.79 Å². The van der Waals surface area contributed by atoms with Crippen molar-refractivity contribution in [2.45, 2.75) is 18.9 Å². The fourth-order valence-corrected chi connectivity index (χ4v) is 3.55. The van der Waals surface area contributed by atoms with Gasteiger partial charge in [-0.25, -0.2) is 0 Å². The smallest absolute Gasteiger partial charge is 0.223 e. The third kappa shape index (κ3) is 5.72. The molecule has 29 heavy (non-hydrogen) atoms. The summed E-state index contributed by atoms with van der Waals surface area (Å²) in [4.78, 5) is 19.1. The number of aromatic nitrogens is 1. The molecule has 0 fully saturated rings. The van der Waals surface area contributed by atoms with Gasteiger partial charge < -0.3 is 9.64 Å². The fraction of sp³-hybridized carbons (Fsp3) is 0.217. The van der Waals surface area contributed by atoms with Crippen molar-refractivity contribution in [2.24, 2.45) is 0 Å². The van der Waals surface area contributed by atoms with Crippen LogP contribution in [0.4, 0.5) is 0 Å². The Morgan fingerprint density at radius 3 is 2.52 bits per heavy atom. The number of hydrogen-bond donors (Lipinski definition) is 0. The monoisotopic (exact) mass is 428 g/mol. The number of pyridine rings is 1. The Bertz CT molecular complexity index is 897. The molecule has 1 amide bonds. The number of benzene rings is 2. The summed E-state index contributed by atoms with van der Waals surface area (Å²) in [5, 5.41) is 1.01. The molecule has 0 N–H and O–H groups in total. The van der Waals surface area contributed by atoms with Gasteiger partial charge in [-0.15, -0.1) is 0 Å². The lowest BCUT2D eigenvalue weighted by atomic mass is 10.0. The molecule has 150 valence electrons. The van der Waals surface area contributed by atoms with E-state index < -0.39 is 0 Å². The molecule has 0 aliphatic rings. The molecular formula is C23H22Cl2N2O2. The van der Waals surface area contributed by atoms with Crippen molar-refractivity contribution >= 4 is 29.1 Å². The Labute approximate surface area is 181 Å². The Balaban J connectivity index is 1.62. The summed E-state index contributed by atoms with van der Waals surface area (Å²) in [5.74, 6) is 0.586. The highest BCUT2D eigenvalue weighted by Gasteiger charge is 2.24. The first-order chi connectivity index (χ1) is 14.1. The maximum absolute atomic E-state index is 12.9. The SMILES string of the molecule is CN(C(=O)CCCOc1ccc(Cl)cc1Cl)C(c1ccccc1)c1ccccn1. The third-order valence-corrected chi connectivity index (χ3v) is 5.08. The zero-order valence-electron chi connectivity index (χ0n) is 16.1. The molecule has 1 atom stereocenters. The number of nitrogens with zero attached hydrogens (tertiary/aromatic N) is 2. The van der Waals surface area contributed by atoms with Crippen LogP contribution in [0.1, 0.15) is 30.1 Å². The average molecular weight is 429 g/mol. The number of halogens is 2. The van der Waals surface area contributed by atoms with Crippen molar-refractivity contribution in [1.29, 1.82) is 0 Å². The second-order valence-electron chi connectivity index (χ2n) is 6.60. The van der Waals surface area contributed by atoms with Gasteiger partial charge in [-0.3, -0.25) is 9.78 Å². The number of carbonyl (C=O) groups excluding carboxylic acids is 1. The maximum atomic E-state index is 12.9. The van der Waals surface area contributed by atoms with E-state index in [0.29, 0.717) is 35.2 Å². The molecule has 0 spiro atoms. The van der Waals surface area contributed by atoms with Gasteiger partial charge in [-0.05, 0) is 42.3 Å². The van der Waals surface area contributed by atoms with Crippen molar-refractivity contribution in [1.82, 2.24) is 9.88 Å². The second kappa shape index (κ2) is 10.3. The molecule has 0 radical (unpaired) electrons. The van der Waals surface area contributed by atoms with E-state index in [1.54, 1.807) is 29.3 Å². The molecule has 0 saturated carbocycles. The van der Waals surface area contributed by atoms with Crippen molar-refractivity contribution < 1.29 is 9.53 Å². The van der Waals surface area contributed by atoms with Crippen LogP contribution in [0.2, 0.25) is 10.0 Å². The fourth-order valence-electron chi connectivity index (χ4n) is 3.08. The van der Waals surface area contributed by atoms with Gasteiger partial charge in [0.05, 0.1) is 23.4 Å². The first-order valence-corrected chi connectivity index (χ1v) is 10.1. The summed E-state index contributed by atoms with van der Waals surface area (Å²) in [6.07, 6.45) is 2.68. The van der Waals surface area contributed by atoms with Gasteiger partial charge in [0.2, 0.25) is 5.91 Å². The summed E-state index contributed by atoms with van der Waals surface area (Å²) in [6, 6.07) is 20.5. The number of ether oxygens (including phenoxy) is 1. The van der Waals surface area contributed by atoms with Crippen LogP contribution < -0.4 is 4.74 Å². The van der Waals surface area contributed by atoms with Crippen molar-refractivity contribution in [3.8, 4) is 5.75 Å². The highest BCUT2D eigenvalue weighted by atomic mass is 35.5. The lowest BCUT2D eigenvalue weighted by Crippen LogP contribution is -2.32. The van der Waals surface area contributed by atoms with Gasteiger partial charge in [-0.1, -0.05) is 59.6 Å². The third-order valence-electron chi connectivity index (χ3n) is 4.55. The topological polar surface area (TPSA) is 42.4 Å². The Hall–Kier alpha value is -2.56.